The lowest BCUT2D eigenvalue weighted by Gasteiger charge is -2.15. The van der Waals surface area contributed by atoms with Crippen LogP contribution < -0.4 is 20.7 Å². The maximum atomic E-state index is 12.5. The first kappa shape index (κ1) is 16.1. The third-order valence-electron chi connectivity index (χ3n) is 4.09. The van der Waals surface area contributed by atoms with Gasteiger partial charge in [-0.15, -0.1) is 0 Å². The van der Waals surface area contributed by atoms with Crippen molar-refractivity contribution >= 4 is 32.7 Å². The van der Waals surface area contributed by atoms with Gasteiger partial charge in [0, 0.05) is 10.8 Å². The number of hydrogen-bond acceptors (Lipinski definition) is 8. The van der Waals surface area contributed by atoms with Crippen LogP contribution in [-0.4, -0.2) is 23.4 Å². The van der Waals surface area contributed by atoms with Crippen molar-refractivity contribution in [3.63, 3.8) is 0 Å². The van der Waals surface area contributed by atoms with Crippen molar-refractivity contribution in [1.82, 2.24) is 0 Å². The predicted molar refractivity (Wildman–Crippen MR) is 92.9 cm³/mol. The molecule has 0 saturated carbocycles. The number of aromatic hydroxyl groups is 2. The molecule has 0 fully saturated rings. The highest BCUT2D eigenvalue weighted by atomic mass is 16.5. The SMILES string of the molecule is CCOc1c(O)cc2c(=O)oc3c(OCC)c(O)cc4c(=O)oc1c2c34. The Balaban J connectivity index is 2.36. The molecule has 0 unspecified atom stereocenters. The molecule has 0 spiro atoms. The minimum absolute atomic E-state index is 0.0235. The maximum absolute atomic E-state index is 12.5. The van der Waals surface area contributed by atoms with E-state index in [1.54, 1.807) is 13.8 Å². The van der Waals surface area contributed by atoms with Crippen LogP contribution in [0.15, 0.2) is 30.6 Å². The van der Waals surface area contributed by atoms with Crippen molar-refractivity contribution in [3.05, 3.63) is 33.0 Å². The van der Waals surface area contributed by atoms with Crippen LogP contribution in [0.25, 0.3) is 32.7 Å². The van der Waals surface area contributed by atoms with Gasteiger partial charge in [0.2, 0.25) is 11.5 Å². The van der Waals surface area contributed by atoms with Gasteiger partial charge in [0.25, 0.3) is 0 Å². The number of ether oxygens (including phenoxy) is 2. The van der Waals surface area contributed by atoms with Crippen LogP contribution in [0.1, 0.15) is 13.8 Å². The Hall–Kier alpha value is -3.42. The van der Waals surface area contributed by atoms with Gasteiger partial charge >= 0.3 is 11.3 Å². The molecular formula is C18H14O8. The van der Waals surface area contributed by atoms with Crippen molar-refractivity contribution in [2.24, 2.45) is 0 Å². The van der Waals surface area contributed by atoms with Gasteiger partial charge in [0.1, 0.15) is 0 Å². The summed E-state index contributed by atoms with van der Waals surface area (Å²) in [6.45, 7) is 3.83. The molecule has 2 N–H and O–H groups in total. The van der Waals surface area contributed by atoms with Crippen molar-refractivity contribution in [1.29, 1.82) is 0 Å². The minimum Gasteiger partial charge on any atom is -0.504 e. The predicted octanol–water partition coefficient (Wildman–Crippen LogP) is 2.70. The molecule has 0 bridgehead atoms. The van der Waals surface area contributed by atoms with Crippen LogP contribution in [0.2, 0.25) is 0 Å². The normalized spacial score (nSPS) is 11.6. The number of hydrogen-bond donors (Lipinski definition) is 2. The zero-order valence-electron chi connectivity index (χ0n) is 13.9. The molecule has 0 radical (unpaired) electrons. The van der Waals surface area contributed by atoms with Gasteiger partial charge in [-0.25, -0.2) is 9.59 Å². The molecule has 0 atom stereocenters. The van der Waals surface area contributed by atoms with Crippen LogP contribution in [0.3, 0.4) is 0 Å². The Labute approximate surface area is 145 Å². The first-order valence-corrected chi connectivity index (χ1v) is 7.98. The van der Waals surface area contributed by atoms with E-state index in [4.69, 9.17) is 18.3 Å². The molecule has 4 rings (SSSR count). The molecule has 134 valence electrons. The zero-order chi connectivity index (χ0) is 18.6. The summed E-state index contributed by atoms with van der Waals surface area (Å²) < 4.78 is 21.4. The van der Waals surface area contributed by atoms with E-state index in [9.17, 15) is 19.8 Å². The highest BCUT2D eigenvalue weighted by Crippen LogP contribution is 2.45. The minimum atomic E-state index is -0.775. The van der Waals surface area contributed by atoms with E-state index in [1.165, 1.54) is 12.1 Å². The molecule has 0 aliphatic rings. The maximum Gasteiger partial charge on any atom is 0.344 e. The van der Waals surface area contributed by atoms with Crippen LogP contribution in [0, 0.1) is 0 Å². The molecule has 2 heterocycles. The third-order valence-corrected chi connectivity index (χ3v) is 4.09. The lowest BCUT2D eigenvalue weighted by Crippen LogP contribution is -2.09. The Kier molecular flexibility index (Phi) is 3.43. The smallest absolute Gasteiger partial charge is 0.344 e. The van der Waals surface area contributed by atoms with E-state index in [1.807, 2.05) is 0 Å². The summed E-state index contributed by atoms with van der Waals surface area (Å²) in [5.41, 5.74) is -1.68. The van der Waals surface area contributed by atoms with Crippen LogP contribution in [0.4, 0.5) is 0 Å². The third kappa shape index (κ3) is 2.01. The first-order chi connectivity index (χ1) is 12.5. The Morgan fingerprint density at radius 2 is 1.19 bits per heavy atom. The summed E-state index contributed by atoms with van der Waals surface area (Å²) in [6, 6.07) is 2.40. The van der Waals surface area contributed by atoms with Crippen LogP contribution in [-0.2, 0) is 0 Å². The standard InChI is InChI=1S/C18H14O8/c1-3-23-13-9(19)5-7-11-12-8(17(21)25-15(11)13)6-10(20)14(24-4-2)16(12)26-18(7)22/h5-6,19-20H,3-4H2,1-2H3. The van der Waals surface area contributed by atoms with Gasteiger partial charge in [-0.3, -0.25) is 0 Å². The Morgan fingerprint density at radius 3 is 1.54 bits per heavy atom. The Morgan fingerprint density at radius 1 is 0.808 bits per heavy atom. The second kappa shape index (κ2) is 5.55. The highest BCUT2D eigenvalue weighted by molar-refractivity contribution is 6.22. The van der Waals surface area contributed by atoms with Crippen molar-refractivity contribution in [2.75, 3.05) is 13.2 Å². The van der Waals surface area contributed by atoms with E-state index >= 15 is 0 Å². The van der Waals surface area contributed by atoms with Gasteiger partial charge < -0.3 is 28.5 Å². The van der Waals surface area contributed by atoms with Crippen molar-refractivity contribution in [3.8, 4) is 23.0 Å². The van der Waals surface area contributed by atoms with Gasteiger partial charge in [-0.05, 0) is 26.0 Å². The first-order valence-electron chi connectivity index (χ1n) is 7.98. The fourth-order valence-electron chi connectivity index (χ4n) is 3.13. The second-order valence-electron chi connectivity index (χ2n) is 5.60. The van der Waals surface area contributed by atoms with Crippen LogP contribution >= 0.6 is 0 Å². The van der Waals surface area contributed by atoms with Crippen LogP contribution in [0.5, 0.6) is 23.0 Å². The van der Waals surface area contributed by atoms with Gasteiger partial charge in [0.05, 0.1) is 24.0 Å². The molecule has 0 amide bonds. The van der Waals surface area contributed by atoms with Crippen molar-refractivity contribution < 1.29 is 28.5 Å². The van der Waals surface area contributed by atoms with Crippen molar-refractivity contribution in [2.45, 2.75) is 13.8 Å². The van der Waals surface area contributed by atoms with Gasteiger partial charge in [-0.1, -0.05) is 0 Å². The summed E-state index contributed by atoms with van der Waals surface area (Å²) in [5, 5.41) is 20.9. The molecular weight excluding hydrogens is 344 g/mol. The number of benzene rings is 2. The molecule has 0 aliphatic carbocycles. The fraction of sp³-hybridized carbons (Fsp3) is 0.222. The van der Waals surface area contributed by atoms with E-state index in [0.29, 0.717) is 0 Å². The number of rotatable bonds is 4. The molecule has 0 saturated heterocycles. The molecule has 2 aromatic carbocycles. The summed E-state index contributed by atoms with van der Waals surface area (Å²) in [4.78, 5) is 24.9. The van der Waals surface area contributed by atoms with Gasteiger partial charge in [0.15, 0.2) is 22.7 Å². The van der Waals surface area contributed by atoms with E-state index < -0.39 is 11.3 Å². The molecule has 0 aliphatic heterocycles. The second-order valence-corrected chi connectivity index (χ2v) is 5.60. The number of phenols is 2. The lowest BCUT2D eigenvalue weighted by atomic mass is 10.0. The summed E-state index contributed by atoms with van der Waals surface area (Å²) in [7, 11) is 0. The fourth-order valence-corrected chi connectivity index (χ4v) is 3.13. The Bertz CT molecular complexity index is 1160. The zero-order valence-corrected chi connectivity index (χ0v) is 13.9. The van der Waals surface area contributed by atoms with Gasteiger partial charge in [-0.2, -0.15) is 0 Å². The average molecular weight is 358 g/mol. The highest BCUT2D eigenvalue weighted by Gasteiger charge is 2.26. The lowest BCUT2D eigenvalue weighted by molar-refractivity contribution is 0.314. The molecule has 2 aromatic heterocycles. The summed E-state index contributed by atoms with van der Waals surface area (Å²) in [6.07, 6.45) is 0. The molecule has 4 aromatic rings. The quantitative estimate of drug-likeness (QED) is 0.422. The molecule has 8 nitrogen and oxygen atoms in total. The largest absolute Gasteiger partial charge is 0.504 e. The number of phenolic OH excluding ortho intramolecular Hbond substituents is 2. The molecule has 8 heteroatoms. The summed E-state index contributed by atoms with van der Waals surface area (Å²) >= 11 is 0. The molecule has 26 heavy (non-hydrogen) atoms. The summed E-state index contributed by atoms with van der Waals surface area (Å²) in [5.74, 6) is -0.781. The van der Waals surface area contributed by atoms with E-state index in [0.717, 1.165) is 0 Å². The van der Waals surface area contributed by atoms with E-state index in [-0.39, 0.29) is 68.9 Å². The monoisotopic (exact) mass is 358 g/mol. The average Bonchev–Trinajstić information content (AvgIpc) is 2.60. The topological polar surface area (TPSA) is 119 Å². The van der Waals surface area contributed by atoms with E-state index in [2.05, 4.69) is 0 Å².